The molecule has 0 aliphatic carbocycles. The van der Waals surface area contributed by atoms with Gasteiger partial charge in [0.1, 0.15) is 0 Å². The van der Waals surface area contributed by atoms with Gasteiger partial charge in [-0.3, -0.25) is 9.89 Å². The van der Waals surface area contributed by atoms with Gasteiger partial charge in [0, 0.05) is 32.1 Å². The molecular formula is C23H43IN6S. The predicted octanol–water partition coefficient (Wildman–Crippen LogP) is 3.82. The molecule has 0 atom stereocenters. The van der Waals surface area contributed by atoms with Gasteiger partial charge in [-0.25, -0.2) is 4.98 Å². The van der Waals surface area contributed by atoms with Gasteiger partial charge in [0.2, 0.25) is 0 Å². The molecular weight excluding hydrogens is 519 g/mol. The zero-order valence-electron chi connectivity index (χ0n) is 19.7. The van der Waals surface area contributed by atoms with Crippen molar-refractivity contribution in [1.29, 1.82) is 0 Å². The number of thiazole rings is 1. The first-order valence-corrected chi connectivity index (χ1v) is 12.9. The largest absolute Gasteiger partial charge is 0.356 e. The highest BCUT2D eigenvalue weighted by Crippen LogP contribution is 2.19. The topological polar surface area (TPSA) is 55.8 Å². The molecule has 3 heterocycles. The number of hydrogen-bond acceptors (Lipinski definition) is 5. The molecule has 2 N–H and O–H groups in total. The molecule has 1 aromatic heterocycles. The molecule has 0 aromatic carbocycles. The molecule has 2 aliphatic heterocycles. The lowest BCUT2D eigenvalue weighted by Gasteiger charge is -2.32. The minimum absolute atomic E-state index is 0. The first kappa shape index (κ1) is 26.8. The molecule has 2 fully saturated rings. The normalized spacial score (nSPS) is 19.9. The van der Waals surface area contributed by atoms with Crippen molar-refractivity contribution < 1.29 is 0 Å². The zero-order chi connectivity index (χ0) is 21.2. The molecule has 0 radical (unpaired) electrons. The van der Waals surface area contributed by atoms with Crippen LogP contribution in [0.3, 0.4) is 0 Å². The van der Waals surface area contributed by atoms with Crippen molar-refractivity contribution in [3.8, 4) is 0 Å². The summed E-state index contributed by atoms with van der Waals surface area (Å²) in [6.07, 6.45) is 7.46. The third-order valence-corrected chi connectivity index (χ3v) is 7.64. The number of hydrogen-bond donors (Lipinski definition) is 2. The van der Waals surface area contributed by atoms with Crippen molar-refractivity contribution in [3.63, 3.8) is 0 Å². The summed E-state index contributed by atoms with van der Waals surface area (Å²) in [4.78, 5) is 14.3. The maximum Gasteiger partial charge on any atom is 0.190 e. The van der Waals surface area contributed by atoms with E-state index in [0.717, 1.165) is 43.9 Å². The van der Waals surface area contributed by atoms with E-state index in [0.29, 0.717) is 0 Å². The van der Waals surface area contributed by atoms with Crippen molar-refractivity contribution >= 4 is 41.3 Å². The molecule has 31 heavy (non-hydrogen) atoms. The number of guanidine groups is 1. The third kappa shape index (κ3) is 9.52. The quantitative estimate of drug-likeness (QED) is 0.208. The monoisotopic (exact) mass is 562 g/mol. The standard InChI is InChI=1S/C23H42N6S.HI/c1-4-22-27-21(18-30-22)17-29-14-8-20(9-15-29)16-26-23(24-3)25-10-5-11-28-12-6-19(2)7-13-28;/h18-20H,4-17H2,1-3H3,(H2,24,25,26);1H. The highest BCUT2D eigenvalue weighted by atomic mass is 127. The van der Waals surface area contributed by atoms with E-state index in [4.69, 9.17) is 4.98 Å². The minimum Gasteiger partial charge on any atom is -0.356 e. The average molecular weight is 563 g/mol. The van der Waals surface area contributed by atoms with Crippen LogP contribution in [0.2, 0.25) is 0 Å². The Balaban J connectivity index is 0.00000341. The van der Waals surface area contributed by atoms with E-state index in [1.807, 2.05) is 7.05 Å². The van der Waals surface area contributed by atoms with E-state index < -0.39 is 0 Å². The van der Waals surface area contributed by atoms with E-state index >= 15 is 0 Å². The first-order chi connectivity index (χ1) is 14.7. The second-order valence-corrected chi connectivity index (χ2v) is 10.0. The molecule has 0 amide bonds. The second-order valence-electron chi connectivity index (χ2n) is 9.06. The number of piperidine rings is 2. The van der Waals surface area contributed by atoms with Crippen LogP contribution in [0.15, 0.2) is 10.4 Å². The van der Waals surface area contributed by atoms with Gasteiger partial charge in [-0.1, -0.05) is 13.8 Å². The lowest BCUT2D eigenvalue weighted by molar-refractivity contribution is 0.176. The number of rotatable bonds is 9. The lowest BCUT2D eigenvalue weighted by atomic mass is 9.97. The molecule has 2 saturated heterocycles. The first-order valence-electron chi connectivity index (χ1n) is 12.0. The van der Waals surface area contributed by atoms with E-state index in [1.54, 1.807) is 11.3 Å². The molecule has 3 rings (SSSR count). The van der Waals surface area contributed by atoms with Crippen LogP contribution in [0, 0.1) is 11.8 Å². The van der Waals surface area contributed by atoms with Gasteiger partial charge >= 0.3 is 0 Å². The summed E-state index contributed by atoms with van der Waals surface area (Å²) in [6, 6.07) is 0. The van der Waals surface area contributed by atoms with Gasteiger partial charge in [0.25, 0.3) is 0 Å². The fraction of sp³-hybridized carbons (Fsp3) is 0.826. The minimum atomic E-state index is 0. The number of aryl methyl sites for hydroxylation is 1. The van der Waals surface area contributed by atoms with Crippen LogP contribution in [0.1, 0.15) is 56.7 Å². The van der Waals surface area contributed by atoms with Crippen molar-refractivity contribution in [2.75, 3.05) is 52.9 Å². The van der Waals surface area contributed by atoms with Crippen LogP contribution in [0.4, 0.5) is 0 Å². The van der Waals surface area contributed by atoms with Crippen LogP contribution in [-0.4, -0.2) is 73.6 Å². The SMILES string of the molecule is CCc1nc(CN2CCC(CNC(=NC)NCCCN3CCC(C)CC3)CC2)cs1.I. The van der Waals surface area contributed by atoms with E-state index in [-0.39, 0.29) is 24.0 Å². The number of aromatic nitrogens is 1. The highest BCUT2D eigenvalue weighted by molar-refractivity contribution is 14.0. The summed E-state index contributed by atoms with van der Waals surface area (Å²) in [5.41, 5.74) is 1.25. The van der Waals surface area contributed by atoms with Gasteiger partial charge < -0.3 is 15.5 Å². The molecule has 2 aliphatic rings. The Morgan fingerprint density at radius 1 is 1.13 bits per heavy atom. The van der Waals surface area contributed by atoms with Crippen LogP contribution < -0.4 is 10.6 Å². The van der Waals surface area contributed by atoms with Crippen molar-refractivity contribution in [1.82, 2.24) is 25.4 Å². The zero-order valence-corrected chi connectivity index (χ0v) is 22.9. The summed E-state index contributed by atoms with van der Waals surface area (Å²) in [5.74, 6) is 2.60. The van der Waals surface area contributed by atoms with Crippen molar-refractivity contribution in [3.05, 3.63) is 16.1 Å². The summed E-state index contributed by atoms with van der Waals surface area (Å²) in [5, 5.41) is 10.5. The van der Waals surface area contributed by atoms with Gasteiger partial charge in [-0.15, -0.1) is 35.3 Å². The smallest absolute Gasteiger partial charge is 0.190 e. The second kappa shape index (κ2) is 14.6. The number of halogens is 1. The van der Waals surface area contributed by atoms with Gasteiger partial charge in [-0.2, -0.15) is 0 Å². The molecule has 0 bridgehead atoms. The Kier molecular flexibility index (Phi) is 12.7. The Morgan fingerprint density at radius 3 is 2.48 bits per heavy atom. The number of nitrogens with one attached hydrogen (secondary N) is 2. The van der Waals surface area contributed by atoms with Crippen LogP contribution in [0.25, 0.3) is 0 Å². The number of likely N-dealkylation sites (tertiary alicyclic amines) is 2. The molecule has 1 aromatic rings. The van der Waals surface area contributed by atoms with E-state index in [2.05, 4.69) is 44.7 Å². The van der Waals surface area contributed by atoms with E-state index in [1.165, 1.54) is 75.5 Å². The fourth-order valence-corrected chi connectivity index (χ4v) is 5.15. The summed E-state index contributed by atoms with van der Waals surface area (Å²) < 4.78 is 0. The van der Waals surface area contributed by atoms with Gasteiger partial charge in [0.05, 0.1) is 10.7 Å². The molecule has 0 spiro atoms. The van der Waals surface area contributed by atoms with Crippen molar-refractivity contribution in [2.24, 2.45) is 16.8 Å². The van der Waals surface area contributed by atoms with Crippen LogP contribution in [-0.2, 0) is 13.0 Å². The van der Waals surface area contributed by atoms with Gasteiger partial charge in [0.15, 0.2) is 5.96 Å². The Labute approximate surface area is 210 Å². The third-order valence-electron chi connectivity index (χ3n) is 6.60. The predicted molar refractivity (Wildman–Crippen MR) is 144 cm³/mol. The van der Waals surface area contributed by atoms with Crippen molar-refractivity contribution in [2.45, 2.75) is 58.9 Å². The Hall–Kier alpha value is -0.450. The molecule has 8 heteroatoms. The van der Waals surface area contributed by atoms with Gasteiger partial charge in [-0.05, 0) is 83.1 Å². The summed E-state index contributed by atoms with van der Waals surface area (Å²) >= 11 is 1.80. The fourth-order valence-electron chi connectivity index (χ4n) is 4.42. The van der Waals surface area contributed by atoms with E-state index in [9.17, 15) is 0 Å². The maximum absolute atomic E-state index is 4.72. The molecule has 178 valence electrons. The number of nitrogens with zero attached hydrogens (tertiary/aromatic N) is 4. The van der Waals surface area contributed by atoms with Crippen LogP contribution in [0.5, 0.6) is 0 Å². The highest BCUT2D eigenvalue weighted by Gasteiger charge is 2.20. The summed E-state index contributed by atoms with van der Waals surface area (Å²) in [7, 11) is 1.88. The maximum atomic E-state index is 4.72. The molecule has 6 nitrogen and oxygen atoms in total. The Bertz CT molecular complexity index is 636. The average Bonchev–Trinajstić information content (AvgIpc) is 3.23. The summed E-state index contributed by atoms with van der Waals surface area (Å²) in [6.45, 7) is 13.7. The lowest BCUT2D eigenvalue weighted by Crippen LogP contribution is -2.43. The van der Waals surface area contributed by atoms with Crippen LogP contribution >= 0.6 is 35.3 Å². The molecule has 0 saturated carbocycles. The molecule has 0 unspecified atom stereocenters. The number of aliphatic imine (C=N–C) groups is 1. The Morgan fingerprint density at radius 2 is 1.84 bits per heavy atom.